The quantitative estimate of drug-likeness (QED) is 0.722. The lowest BCUT2D eigenvalue weighted by atomic mass is 9.91. The second kappa shape index (κ2) is 5.04. The maximum Gasteiger partial charge on any atom is 0.318 e. The smallest absolute Gasteiger partial charge is 0.318 e. The van der Waals surface area contributed by atoms with Crippen molar-refractivity contribution in [2.45, 2.75) is 33.2 Å². The zero-order valence-corrected chi connectivity index (χ0v) is 11.1. The van der Waals surface area contributed by atoms with Gasteiger partial charge in [-0.2, -0.15) is 0 Å². The van der Waals surface area contributed by atoms with Crippen LogP contribution in [0.5, 0.6) is 0 Å². The predicted molar refractivity (Wildman–Crippen MR) is 64.7 cm³/mol. The molecule has 5 heteroatoms. The normalized spacial score (nSPS) is 23.3. The lowest BCUT2D eigenvalue weighted by Gasteiger charge is -2.33. The number of carboxylic acids is 1. The van der Waals surface area contributed by atoms with E-state index in [-0.39, 0.29) is 11.9 Å². The monoisotopic (exact) mass is 242 g/mol. The van der Waals surface area contributed by atoms with E-state index in [1.165, 1.54) is 13.8 Å². The minimum absolute atomic E-state index is 0.0635. The average Bonchev–Trinajstić information content (AvgIpc) is 2.37. The highest BCUT2D eigenvalue weighted by Crippen LogP contribution is 2.22. The van der Waals surface area contributed by atoms with Crippen LogP contribution in [-0.2, 0) is 9.59 Å². The van der Waals surface area contributed by atoms with Gasteiger partial charge < -0.3 is 14.9 Å². The van der Waals surface area contributed by atoms with Crippen LogP contribution in [0, 0.1) is 5.41 Å². The molecule has 0 saturated carbocycles. The highest BCUT2D eigenvalue weighted by atomic mass is 16.4. The van der Waals surface area contributed by atoms with Crippen molar-refractivity contribution >= 4 is 11.9 Å². The predicted octanol–water partition coefficient (Wildman–Crippen LogP) is 0.650. The second-order valence-corrected chi connectivity index (χ2v) is 5.39. The fourth-order valence-corrected chi connectivity index (χ4v) is 2.12. The van der Waals surface area contributed by atoms with Gasteiger partial charge in [0.25, 0.3) is 0 Å². The molecule has 0 aliphatic carbocycles. The number of carbonyl (C=O) groups excluding carboxylic acids is 1. The Labute approximate surface area is 102 Å². The van der Waals surface area contributed by atoms with Crippen LogP contribution in [0.4, 0.5) is 0 Å². The first kappa shape index (κ1) is 14.0. The number of likely N-dealkylation sites (N-methyl/N-ethyl adjacent to an activating group) is 1. The first-order valence-electron chi connectivity index (χ1n) is 6.00. The summed E-state index contributed by atoms with van der Waals surface area (Å²) < 4.78 is 0. The lowest BCUT2D eigenvalue weighted by Crippen LogP contribution is -2.50. The highest BCUT2D eigenvalue weighted by Gasteiger charge is 2.41. The molecule has 1 rings (SSSR count). The minimum atomic E-state index is -1.34. The van der Waals surface area contributed by atoms with Crippen molar-refractivity contribution in [1.82, 2.24) is 9.80 Å². The third-order valence-corrected chi connectivity index (χ3v) is 3.38. The molecule has 0 radical (unpaired) electrons. The summed E-state index contributed by atoms with van der Waals surface area (Å²) in [6.45, 7) is 7.29. The van der Waals surface area contributed by atoms with Crippen molar-refractivity contribution in [3.05, 3.63) is 0 Å². The number of amides is 1. The van der Waals surface area contributed by atoms with Gasteiger partial charge in [-0.1, -0.05) is 0 Å². The number of rotatable bonds is 2. The van der Waals surface area contributed by atoms with E-state index in [2.05, 4.69) is 4.90 Å². The molecule has 1 amide bonds. The summed E-state index contributed by atoms with van der Waals surface area (Å²) in [5, 5.41) is 9.09. The molecule has 0 aromatic rings. The van der Waals surface area contributed by atoms with Crippen LogP contribution in [0.3, 0.4) is 0 Å². The lowest BCUT2D eigenvalue weighted by molar-refractivity contribution is -0.159. The van der Waals surface area contributed by atoms with Crippen molar-refractivity contribution in [3.63, 3.8) is 0 Å². The Bertz CT molecular complexity index is 315. The van der Waals surface area contributed by atoms with Crippen LogP contribution in [0.2, 0.25) is 0 Å². The molecular weight excluding hydrogens is 220 g/mol. The van der Waals surface area contributed by atoms with Gasteiger partial charge >= 0.3 is 5.97 Å². The Morgan fingerprint density at radius 1 is 1.29 bits per heavy atom. The molecule has 98 valence electrons. The SMILES string of the molecule is CC1CN(C)CCCN1C(=O)C(C)(C)C(=O)O. The van der Waals surface area contributed by atoms with E-state index >= 15 is 0 Å². The van der Waals surface area contributed by atoms with E-state index in [0.717, 1.165) is 19.5 Å². The molecule has 17 heavy (non-hydrogen) atoms. The van der Waals surface area contributed by atoms with E-state index in [9.17, 15) is 9.59 Å². The second-order valence-electron chi connectivity index (χ2n) is 5.39. The fraction of sp³-hybridized carbons (Fsp3) is 0.833. The van der Waals surface area contributed by atoms with Crippen molar-refractivity contribution in [2.24, 2.45) is 5.41 Å². The zero-order chi connectivity index (χ0) is 13.2. The van der Waals surface area contributed by atoms with Gasteiger partial charge in [0.2, 0.25) is 5.91 Å². The van der Waals surface area contributed by atoms with Crippen LogP contribution in [-0.4, -0.2) is 59.5 Å². The van der Waals surface area contributed by atoms with E-state index in [1.54, 1.807) is 4.90 Å². The molecule has 1 aliphatic heterocycles. The Morgan fingerprint density at radius 3 is 2.41 bits per heavy atom. The van der Waals surface area contributed by atoms with Gasteiger partial charge in [0.1, 0.15) is 5.41 Å². The molecule has 1 N–H and O–H groups in total. The first-order valence-corrected chi connectivity index (χ1v) is 6.00. The molecule has 1 fully saturated rings. The van der Waals surface area contributed by atoms with Crippen LogP contribution in [0.1, 0.15) is 27.2 Å². The Balaban J connectivity index is 2.84. The van der Waals surface area contributed by atoms with E-state index in [1.807, 2.05) is 14.0 Å². The molecule has 1 aliphatic rings. The molecule has 1 atom stereocenters. The summed E-state index contributed by atoms with van der Waals surface area (Å²) in [6.07, 6.45) is 0.891. The fourth-order valence-electron chi connectivity index (χ4n) is 2.12. The number of aliphatic carboxylic acids is 1. The molecule has 1 saturated heterocycles. The van der Waals surface area contributed by atoms with Crippen molar-refractivity contribution in [1.29, 1.82) is 0 Å². The molecule has 0 spiro atoms. The first-order chi connectivity index (χ1) is 7.76. The number of hydrogen-bond donors (Lipinski definition) is 1. The highest BCUT2D eigenvalue weighted by molar-refractivity contribution is 6.01. The van der Waals surface area contributed by atoms with Crippen LogP contribution in [0.25, 0.3) is 0 Å². The average molecular weight is 242 g/mol. The largest absolute Gasteiger partial charge is 0.480 e. The number of carbonyl (C=O) groups is 2. The summed E-state index contributed by atoms with van der Waals surface area (Å²) in [5.41, 5.74) is -1.34. The molecule has 5 nitrogen and oxygen atoms in total. The summed E-state index contributed by atoms with van der Waals surface area (Å²) in [7, 11) is 2.02. The molecule has 0 bridgehead atoms. The zero-order valence-electron chi connectivity index (χ0n) is 11.1. The van der Waals surface area contributed by atoms with E-state index in [4.69, 9.17) is 5.11 Å². The molecule has 0 aromatic heterocycles. The topological polar surface area (TPSA) is 60.9 Å². The summed E-state index contributed by atoms with van der Waals surface area (Å²) in [4.78, 5) is 27.2. The van der Waals surface area contributed by atoms with Gasteiger partial charge in [-0.15, -0.1) is 0 Å². The van der Waals surface area contributed by atoms with Gasteiger partial charge in [0, 0.05) is 19.1 Å². The van der Waals surface area contributed by atoms with Crippen molar-refractivity contribution in [3.8, 4) is 0 Å². The third kappa shape index (κ3) is 2.97. The van der Waals surface area contributed by atoms with Crippen LogP contribution < -0.4 is 0 Å². The van der Waals surface area contributed by atoms with E-state index in [0.29, 0.717) is 6.54 Å². The maximum atomic E-state index is 12.3. The van der Waals surface area contributed by atoms with Gasteiger partial charge in [-0.05, 0) is 40.8 Å². The third-order valence-electron chi connectivity index (χ3n) is 3.38. The Morgan fingerprint density at radius 2 is 1.88 bits per heavy atom. The van der Waals surface area contributed by atoms with Crippen LogP contribution in [0.15, 0.2) is 0 Å². The summed E-state index contributed by atoms with van der Waals surface area (Å²) >= 11 is 0. The molecule has 1 heterocycles. The van der Waals surface area contributed by atoms with Crippen molar-refractivity contribution in [2.75, 3.05) is 26.7 Å². The molecule has 0 aromatic carbocycles. The Kier molecular flexibility index (Phi) is 4.14. The summed E-state index contributed by atoms with van der Waals surface area (Å²) in [5.74, 6) is -1.35. The summed E-state index contributed by atoms with van der Waals surface area (Å²) in [6, 6.07) is 0.0635. The van der Waals surface area contributed by atoms with E-state index < -0.39 is 11.4 Å². The maximum absolute atomic E-state index is 12.3. The Hall–Kier alpha value is -1.10. The van der Waals surface area contributed by atoms with Crippen LogP contribution >= 0.6 is 0 Å². The number of carboxylic acid groups (broad SMARTS) is 1. The molecular formula is C12H22N2O3. The minimum Gasteiger partial charge on any atom is -0.480 e. The molecule has 1 unspecified atom stereocenters. The standard InChI is InChI=1S/C12H22N2O3/c1-9-8-13(4)6-5-7-14(9)10(15)12(2,3)11(16)17/h9H,5-8H2,1-4H3,(H,16,17). The van der Waals surface area contributed by atoms with Gasteiger partial charge in [0.05, 0.1) is 0 Å². The van der Waals surface area contributed by atoms with Gasteiger partial charge in [-0.25, -0.2) is 0 Å². The number of hydrogen-bond acceptors (Lipinski definition) is 3. The van der Waals surface area contributed by atoms with Crippen molar-refractivity contribution < 1.29 is 14.7 Å². The number of nitrogens with zero attached hydrogens (tertiary/aromatic N) is 2. The van der Waals surface area contributed by atoms with Gasteiger partial charge in [0.15, 0.2) is 0 Å². The van der Waals surface area contributed by atoms with Gasteiger partial charge in [-0.3, -0.25) is 9.59 Å².